The van der Waals surface area contributed by atoms with Gasteiger partial charge in [0.05, 0.1) is 17.3 Å². The average molecular weight is 366 g/mol. The minimum Gasteiger partial charge on any atom is -0.463 e. The van der Waals surface area contributed by atoms with Gasteiger partial charge in [-0.1, -0.05) is 17.7 Å². The second-order valence-electron chi connectivity index (χ2n) is 3.16. The smallest absolute Gasteiger partial charge is 0.330 e. The third-order valence-corrected chi connectivity index (χ3v) is 2.87. The van der Waals surface area contributed by atoms with Crippen LogP contribution in [0, 0.1) is 3.57 Å². The zero-order valence-electron chi connectivity index (χ0n) is 9.37. The Labute approximate surface area is 119 Å². The number of carbonyl (C=O) groups is 1. The number of esters is 1. The van der Waals surface area contributed by atoms with Gasteiger partial charge in [-0.25, -0.2) is 4.79 Å². The van der Waals surface area contributed by atoms with Crippen LogP contribution in [-0.4, -0.2) is 19.1 Å². The molecule has 0 saturated carbocycles. The third kappa shape index (κ3) is 5.41. The lowest BCUT2D eigenvalue weighted by Gasteiger charge is -2.05. The molecule has 0 fully saturated rings. The molecule has 5 heteroatoms. The van der Waals surface area contributed by atoms with Crippen LogP contribution in [0.3, 0.4) is 0 Å². The second kappa shape index (κ2) is 7.55. The van der Waals surface area contributed by atoms with E-state index in [9.17, 15) is 4.79 Å². The van der Waals surface area contributed by atoms with Crippen molar-refractivity contribution < 1.29 is 9.53 Å². The van der Waals surface area contributed by atoms with Gasteiger partial charge in [0.15, 0.2) is 0 Å². The Morgan fingerprint density at radius 1 is 1.59 bits per heavy atom. The number of benzene rings is 1. The first kappa shape index (κ1) is 14.3. The zero-order valence-corrected chi connectivity index (χ0v) is 12.3. The Morgan fingerprint density at radius 2 is 2.35 bits per heavy atom. The molecule has 1 N–H and O–H groups in total. The molecule has 0 aliphatic rings. The molecule has 1 rings (SSSR count). The van der Waals surface area contributed by atoms with E-state index in [0.29, 0.717) is 18.2 Å². The molecule has 0 unspecified atom stereocenters. The summed E-state index contributed by atoms with van der Waals surface area (Å²) < 4.78 is 5.84. The van der Waals surface area contributed by atoms with Gasteiger partial charge in [0.2, 0.25) is 0 Å². The summed E-state index contributed by atoms with van der Waals surface area (Å²) in [6, 6.07) is 5.74. The lowest BCUT2D eigenvalue weighted by molar-refractivity contribution is -0.137. The highest BCUT2D eigenvalue weighted by Crippen LogP contribution is 2.23. The monoisotopic (exact) mass is 365 g/mol. The quantitative estimate of drug-likeness (QED) is 0.493. The number of halogens is 2. The number of nitrogens with one attached hydrogen (secondary N) is 1. The Morgan fingerprint density at radius 3 is 3.00 bits per heavy atom. The van der Waals surface area contributed by atoms with Gasteiger partial charge in [0.25, 0.3) is 0 Å². The van der Waals surface area contributed by atoms with Gasteiger partial charge in [-0.15, -0.1) is 0 Å². The van der Waals surface area contributed by atoms with E-state index in [2.05, 4.69) is 27.9 Å². The molecule has 0 saturated heterocycles. The summed E-state index contributed by atoms with van der Waals surface area (Å²) in [6.45, 7) is 2.69. The van der Waals surface area contributed by atoms with Gasteiger partial charge in [-0.05, 0) is 47.7 Å². The Kier molecular flexibility index (Phi) is 6.36. The van der Waals surface area contributed by atoms with Crippen molar-refractivity contribution >= 4 is 45.8 Å². The summed E-state index contributed by atoms with van der Waals surface area (Å²) >= 11 is 8.24. The van der Waals surface area contributed by atoms with Crippen molar-refractivity contribution in [2.75, 3.05) is 18.5 Å². The van der Waals surface area contributed by atoms with E-state index in [1.54, 1.807) is 13.0 Å². The number of rotatable bonds is 5. The number of hydrogen-bond acceptors (Lipinski definition) is 3. The van der Waals surface area contributed by atoms with Crippen LogP contribution in [-0.2, 0) is 9.53 Å². The normalized spacial score (nSPS) is 10.5. The summed E-state index contributed by atoms with van der Waals surface area (Å²) in [4.78, 5) is 11.0. The molecule has 0 radical (unpaired) electrons. The van der Waals surface area contributed by atoms with E-state index in [-0.39, 0.29) is 5.97 Å². The highest BCUT2D eigenvalue weighted by atomic mass is 127. The van der Waals surface area contributed by atoms with Gasteiger partial charge in [-0.3, -0.25) is 0 Å². The van der Waals surface area contributed by atoms with E-state index in [0.717, 1.165) is 9.26 Å². The lowest BCUT2D eigenvalue weighted by Crippen LogP contribution is -2.02. The average Bonchev–Trinajstić information content (AvgIpc) is 2.27. The number of hydrogen-bond donors (Lipinski definition) is 1. The molecule has 0 bridgehead atoms. The van der Waals surface area contributed by atoms with E-state index >= 15 is 0 Å². The number of anilines is 1. The fourth-order valence-corrected chi connectivity index (χ4v) is 2.07. The molecule has 0 heterocycles. The van der Waals surface area contributed by atoms with Crippen molar-refractivity contribution in [1.82, 2.24) is 0 Å². The third-order valence-electron chi connectivity index (χ3n) is 1.88. The molecule has 0 spiro atoms. The summed E-state index contributed by atoms with van der Waals surface area (Å²) in [5.41, 5.74) is 0.848. The molecule has 1 aromatic carbocycles. The second-order valence-corrected chi connectivity index (χ2v) is 4.81. The van der Waals surface area contributed by atoms with E-state index in [1.807, 2.05) is 18.2 Å². The highest BCUT2D eigenvalue weighted by molar-refractivity contribution is 14.1. The van der Waals surface area contributed by atoms with Crippen molar-refractivity contribution in [3.8, 4) is 0 Å². The Hall–Kier alpha value is -0.750. The molecule has 0 atom stereocenters. The molecule has 0 aromatic heterocycles. The van der Waals surface area contributed by atoms with Gasteiger partial charge < -0.3 is 10.1 Å². The molecular formula is C12H13ClINO2. The van der Waals surface area contributed by atoms with Crippen LogP contribution in [0.25, 0.3) is 0 Å². The van der Waals surface area contributed by atoms with Crippen molar-refractivity contribution in [2.45, 2.75) is 6.92 Å². The lowest BCUT2D eigenvalue weighted by atomic mass is 10.3. The molecule has 0 amide bonds. The van der Waals surface area contributed by atoms with Crippen LogP contribution in [0.1, 0.15) is 6.92 Å². The van der Waals surface area contributed by atoms with Crippen molar-refractivity contribution in [3.05, 3.63) is 38.9 Å². The molecule has 17 heavy (non-hydrogen) atoms. The molecule has 0 aliphatic heterocycles. The largest absolute Gasteiger partial charge is 0.463 e. The van der Waals surface area contributed by atoms with E-state index in [4.69, 9.17) is 16.3 Å². The minimum atomic E-state index is -0.331. The van der Waals surface area contributed by atoms with Gasteiger partial charge >= 0.3 is 5.97 Å². The Balaban J connectivity index is 2.43. The van der Waals surface area contributed by atoms with Gasteiger partial charge in [0.1, 0.15) is 0 Å². The standard InChI is InChI=1S/C12H13ClINO2/c1-2-17-12(16)4-3-7-15-11-6-5-9(14)8-10(11)13/h3-6,8,15H,2,7H2,1H3/b4-3+. The van der Waals surface area contributed by atoms with E-state index < -0.39 is 0 Å². The van der Waals surface area contributed by atoms with Gasteiger partial charge in [0, 0.05) is 16.2 Å². The first-order chi connectivity index (χ1) is 8.13. The first-order valence-electron chi connectivity index (χ1n) is 5.15. The van der Waals surface area contributed by atoms with Crippen LogP contribution < -0.4 is 5.32 Å². The molecular weight excluding hydrogens is 352 g/mol. The molecule has 3 nitrogen and oxygen atoms in total. The van der Waals surface area contributed by atoms with Crippen LogP contribution >= 0.6 is 34.2 Å². The summed E-state index contributed by atoms with van der Waals surface area (Å²) in [5.74, 6) is -0.331. The zero-order chi connectivity index (χ0) is 12.7. The van der Waals surface area contributed by atoms with Crippen LogP contribution in [0.4, 0.5) is 5.69 Å². The van der Waals surface area contributed by atoms with Crippen LogP contribution in [0.5, 0.6) is 0 Å². The van der Waals surface area contributed by atoms with Crippen molar-refractivity contribution in [1.29, 1.82) is 0 Å². The first-order valence-corrected chi connectivity index (χ1v) is 6.61. The molecule has 0 aliphatic carbocycles. The minimum absolute atomic E-state index is 0.331. The topological polar surface area (TPSA) is 38.3 Å². The fraction of sp³-hybridized carbons (Fsp3) is 0.250. The Bertz CT molecular complexity index is 421. The molecule has 92 valence electrons. The van der Waals surface area contributed by atoms with Crippen LogP contribution in [0.2, 0.25) is 5.02 Å². The predicted octanol–water partition coefficient (Wildman–Crippen LogP) is 3.48. The highest BCUT2D eigenvalue weighted by Gasteiger charge is 1.99. The maximum atomic E-state index is 11.0. The van der Waals surface area contributed by atoms with Crippen LogP contribution in [0.15, 0.2) is 30.4 Å². The summed E-state index contributed by atoms with van der Waals surface area (Å²) in [7, 11) is 0. The SMILES string of the molecule is CCOC(=O)/C=C/CNc1ccc(I)cc1Cl. The number of carbonyl (C=O) groups excluding carboxylic acids is 1. The summed E-state index contributed by atoms with van der Waals surface area (Å²) in [5, 5.41) is 3.78. The number of ether oxygens (including phenoxy) is 1. The predicted molar refractivity (Wildman–Crippen MR) is 78.4 cm³/mol. The van der Waals surface area contributed by atoms with Crippen molar-refractivity contribution in [3.63, 3.8) is 0 Å². The van der Waals surface area contributed by atoms with Crippen molar-refractivity contribution in [2.24, 2.45) is 0 Å². The molecule has 1 aromatic rings. The van der Waals surface area contributed by atoms with Gasteiger partial charge in [-0.2, -0.15) is 0 Å². The maximum Gasteiger partial charge on any atom is 0.330 e. The van der Waals surface area contributed by atoms with E-state index in [1.165, 1.54) is 6.08 Å². The summed E-state index contributed by atoms with van der Waals surface area (Å²) in [6.07, 6.45) is 3.10. The fourth-order valence-electron chi connectivity index (χ4n) is 1.15. The maximum absolute atomic E-state index is 11.0.